The maximum absolute atomic E-state index is 12.6. The van der Waals surface area contributed by atoms with Crippen LogP contribution in [0.3, 0.4) is 0 Å². The molecule has 0 radical (unpaired) electrons. The maximum atomic E-state index is 12.6. The van der Waals surface area contributed by atoms with Crippen LogP contribution in [0.2, 0.25) is 0 Å². The Morgan fingerprint density at radius 1 is 1.22 bits per heavy atom. The fourth-order valence-electron chi connectivity index (χ4n) is 2.59. The Balaban J connectivity index is 2.01. The van der Waals surface area contributed by atoms with Crippen LogP contribution in [0.4, 0.5) is 0 Å². The van der Waals surface area contributed by atoms with E-state index in [2.05, 4.69) is 30.9 Å². The number of fused-ring (bicyclic) bond motifs is 2. The highest BCUT2D eigenvalue weighted by molar-refractivity contribution is 9.10. The van der Waals surface area contributed by atoms with E-state index in [4.69, 9.17) is 5.11 Å². The molecule has 0 aliphatic heterocycles. The van der Waals surface area contributed by atoms with E-state index in [0.717, 1.165) is 11.3 Å². The lowest BCUT2D eigenvalue weighted by Gasteiger charge is -2.01. The molecule has 0 saturated heterocycles. The monoisotopic (exact) mass is 373 g/mol. The van der Waals surface area contributed by atoms with Gasteiger partial charge in [-0.3, -0.25) is 4.79 Å². The average molecular weight is 374 g/mol. The number of aliphatic hydroxyl groups excluding tert-OH is 1. The van der Waals surface area contributed by atoms with Crippen LogP contribution in [0, 0.1) is 0 Å². The second-order valence-electron chi connectivity index (χ2n) is 5.07. The van der Waals surface area contributed by atoms with E-state index in [-0.39, 0.29) is 17.7 Å². The smallest absolute Gasteiger partial charge is 0.287 e. The molecule has 4 aromatic rings. The Bertz CT molecular complexity index is 1060. The van der Waals surface area contributed by atoms with Gasteiger partial charge in [0.2, 0.25) is 5.78 Å². The Kier molecular flexibility index (Phi) is 3.28. The molecule has 0 spiro atoms. The van der Waals surface area contributed by atoms with Gasteiger partial charge in [0.05, 0.1) is 12.3 Å². The second-order valence-corrected chi connectivity index (χ2v) is 5.78. The molecular formula is C15H12BrN5O2. The number of nitrogens with one attached hydrogen (secondary N) is 1. The molecule has 0 atom stereocenters. The summed E-state index contributed by atoms with van der Waals surface area (Å²) in [4.78, 5) is 24.5. The molecule has 2 N–H and O–H groups in total. The van der Waals surface area contributed by atoms with Crippen LogP contribution in [-0.2, 0) is 6.54 Å². The summed E-state index contributed by atoms with van der Waals surface area (Å²) in [5.41, 5.74) is 2.23. The molecule has 0 aliphatic rings. The van der Waals surface area contributed by atoms with Crippen LogP contribution in [0.15, 0.2) is 46.1 Å². The molecule has 0 unspecified atom stereocenters. The van der Waals surface area contributed by atoms with Crippen molar-refractivity contribution in [1.29, 1.82) is 0 Å². The number of rotatable bonds is 3. The van der Waals surface area contributed by atoms with Crippen molar-refractivity contribution in [1.82, 2.24) is 23.9 Å². The zero-order valence-corrected chi connectivity index (χ0v) is 13.5. The summed E-state index contributed by atoms with van der Waals surface area (Å²) < 4.78 is 3.59. The van der Waals surface area contributed by atoms with Gasteiger partial charge < -0.3 is 14.7 Å². The van der Waals surface area contributed by atoms with Crippen LogP contribution in [0.25, 0.3) is 28.2 Å². The van der Waals surface area contributed by atoms with Gasteiger partial charge in [-0.2, -0.15) is 4.98 Å². The molecule has 1 aromatic carbocycles. The molecule has 4 rings (SSSR count). The molecule has 0 amide bonds. The predicted molar refractivity (Wildman–Crippen MR) is 89.3 cm³/mol. The third-order valence-electron chi connectivity index (χ3n) is 3.67. The van der Waals surface area contributed by atoms with Crippen molar-refractivity contribution in [3.63, 3.8) is 0 Å². The molecular weight excluding hydrogens is 362 g/mol. The SMILES string of the molecule is O=c1c2nc(Br)n(CCO)c2nc2[nH]c(-c3ccccc3)cn12. The lowest BCUT2D eigenvalue weighted by atomic mass is 10.2. The van der Waals surface area contributed by atoms with Crippen molar-refractivity contribution in [2.45, 2.75) is 6.54 Å². The second kappa shape index (κ2) is 5.32. The minimum Gasteiger partial charge on any atom is -0.395 e. The van der Waals surface area contributed by atoms with Crippen molar-refractivity contribution < 1.29 is 5.11 Å². The van der Waals surface area contributed by atoms with E-state index in [1.165, 1.54) is 4.40 Å². The highest BCUT2D eigenvalue weighted by Crippen LogP contribution is 2.20. The summed E-state index contributed by atoms with van der Waals surface area (Å²) in [5, 5.41) is 9.17. The lowest BCUT2D eigenvalue weighted by Crippen LogP contribution is -2.14. The van der Waals surface area contributed by atoms with Crippen molar-refractivity contribution in [3.05, 3.63) is 51.6 Å². The average Bonchev–Trinajstić information content (AvgIpc) is 3.12. The summed E-state index contributed by atoms with van der Waals surface area (Å²) in [6.45, 7) is 0.247. The van der Waals surface area contributed by atoms with Crippen LogP contribution in [-0.4, -0.2) is 35.6 Å². The van der Waals surface area contributed by atoms with Gasteiger partial charge in [-0.05, 0) is 21.5 Å². The fourth-order valence-corrected chi connectivity index (χ4v) is 3.11. The Labute approximate surface area is 138 Å². The third-order valence-corrected chi connectivity index (χ3v) is 4.27. The number of imidazole rings is 2. The Morgan fingerprint density at radius 3 is 2.74 bits per heavy atom. The number of halogens is 1. The van der Waals surface area contributed by atoms with Gasteiger partial charge in [-0.1, -0.05) is 30.3 Å². The van der Waals surface area contributed by atoms with Crippen molar-refractivity contribution in [2.24, 2.45) is 0 Å². The standard InChI is InChI=1S/C15H12BrN5O2/c16-14-18-11-12(20(14)6-7-22)19-15-17-10(8-21(15)13(11)23)9-4-2-1-3-5-9/h1-5,8,22H,6-7H2,(H,17,19). The molecule has 116 valence electrons. The summed E-state index contributed by atoms with van der Waals surface area (Å²) in [6, 6.07) is 9.71. The summed E-state index contributed by atoms with van der Waals surface area (Å²) in [6.07, 6.45) is 1.72. The number of aromatic amines is 1. The van der Waals surface area contributed by atoms with E-state index in [9.17, 15) is 4.79 Å². The van der Waals surface area contributed by atoms with Gasteiger partial charge in [0.25, 0.3) is 5.56 Å². The van der Waals surface area contributed by atoms with Crippen molar-refractivity contribution >= 4 is 32.9 Å². The lowest BCUT2D eigenvalue weighted by molar-refractivity contribution is 0.276. The largest absolute Gasteiger partial charge is 0.395 e. The number of nitrogens with zero attached hydrogens (tertiary/aromatic N) is 4. The third kappa shape index (κ3) is 2.18. The van der Waals surface area contributed by atoms with E-state index < -0.39 is 0 Å². The van der Waals surface area contributed by atoms with Gasteiger partial charge in [0, 0.05) is 12.7 Å². The first kappa shape index (κ1) is 14.2. The summed E-state index contributed by atoms with van der Waals surface area (Å²) >= 11 is 3.30. The molecule has 3 aromatic heterocycles. The highest BCUT2D eigenvalue weighted by atomic mass is 79.9. The van der Waals surface area contributed by atoms with Crippen LogP contribution < -0.4 is 5.56 Å². The minimum absolute atomic E-state index is 0.0644. The van der Waals surface area contributed by atoms with Gasteiger partial charge in [-0.15, -0.1) is 0 Å². The molecule has 23 heavy (non-hydrogen) atoms. The van der Waals surface area contributed by atoms with E-state index in [1.807, 2.05) is 30.3 Å². The van der Waals surface area contributed by atoms with E-state index in [0.29, 0.717) is 22.7 Å². The minimum atomic E-state index is -0.249. The number of H-pyrrole nitrogens is 1. The first-order valence-corrected chi connectivity index (χ1v) is 7.81. The summed E-state index contributed by atoms with van der Waals surface area (Å²) in [7, 11) is 0. The highest BCUT2D eigenvalue weighted by Gasteiger charge is 2.16. The normalized spacial score (nSPS) is 11.6. The maximum Gasteiger partial charge on any atom is 0.287 e. The van der Waals surface area contributed by atoms with Crippen molar-refractivity contribution in [3.8, 4) is 11.3 Å². The predicted octanol–water partition coefficient (Wildman–Crippen LogP) is 1.79. The fraction of sp³-hybridized carbons (Fsp3) is 0.133. The number of benzene rings is 1. The molecule has 0 aliphatic carbocycles. The number of hydrogen-bond acceptors (Lipinski definition) is 4. The van der Waals surface area contributed by atoms with Gasteiger partial charge in [0.1, 0.15) is 0 Å². The van der Waals surface area contributed by atoms with Crippen molar-refractivity contribution in [2.75, 3.05) is 6.61 Å². The molecule has 0 bridgehead atoms. The van der Waals surface area contributed by atoms with Crippen LogP contribution >= 0.6 is 15.9 Å². The molecule has 7 nitrogen and oxygen atoms in total. The topological polar surface area (TPSA) is 88.2 Å². The number of aliphatic hydroxyl groups is 1. The number of aromatic nitrogens is 5. The van der Waals surface area contributed by atoms with Gasteiger partial charge in [0.15, 0.2) is 15.9 Å². The number of hydrogen-bond donors (Lipinski definition) is 2. The van der Waals surface area contributed by atoms with E-state index in [1.54, 1.807) is 10.8 Å². The van der Waals surface area contributed by atoms with Crippen LogP contribution in [0.1, 0.15) is 0 Å². The molecule has 0 fully saturated rings. The first-order valence-electron chi connectivity index (χ1n) is 7.02. The van der Waals surface area contributed by atoms with Gasteiger partial charge in [-0.25, -0.2) is 9.38 Å². The quantitative estimate of drug-likeness (QED) is 0.536. The molecule has 0 saturated carbocycles. The summed E-state index contributed by atoms with van der Waals surface area (Å²) in [5.74, 6) is 0.438. The Morgan fingerprint density at radius 2 is 2.00 bits per heavy atom. The van der Waals surface area contributed by atoms with E-state index >= 15 is 0 Å². The molecule has 3 heterocycles. The Hall–Kier alpha value is -2.45. The van der Waals surface area contributed by atoms with Crippen LogP contribution in [0.5, 0.6) is 0 Å². The van der Waals surface area contributed by atoms with Gasteiger partial charge >= 0.3 is 0 Å². The first-order chi connectivity index (χ1) is 11.2. The molecule has 8 heteroatoms. The zero-order chi connectivity index (χ0) is 16.0. The zero-order valence-electron chi connectivity index (χ0n) is 11.9.